The van der Waals surface area contributed by atoms with Gasteiger partial charge in [-0.1, -0.05) is 41.4 Å². The third-order valence-corrected chi connectivity index (χ3v) is 5.68. The first kappa shape index (κ1) is 18.9. The van der Waals surface area contributed by atoms with Crippen molar-refractivity contribution in [2.75, 3.05) is 0 Å². The molecule has 1 amide bonds. The molecule has 0 saturated heterocycles. The summed E-state index contributed by atoms with van der Waals surface area (Å²) in [7, 11) is 0. The SMILES string of the molecule is O=C1c2oc3ccc(Cl)cc3c(=O)c2[C@@H](c2ccc(Cl)cc2)N1Cc1cccnc1. The number of amides is 1. The highest BCUT2D eigenvalue weighted by Gasteiger charge is 2.42. The van der Waals surface area contributed by atoms with E-state index in [0.29, 0.717) is 26.6 Å². The van der Waals surface area contributed by atoms with Gasteiger partial charge in [0.1, 0.15) is 5.58 Å². The summed E-state index contributed by atoms with van der Waals surface area (Å²) in [6, 6.07) is 15.0. The molecular weight excluding hydrogens is 423 g/mol. The fraction of sp³-hybridized carbons (Fsp3) is 0.0870. The Balaban J connectivity index is 1.74. The van der Waals surface area contributed by atoms with E-state index in [-0.39, 0.29) is 23.6 Å². The molecule has 1 aliphatic heterocycles. The van der Waals surface area contributed by atoms with Crippen LogP contribution in [0.3, 0.4) is 0 Å². The third-order valence-electron chi connectivity index (χ3n) is 5.19. The average molecular weight is 437 g/mol. The second-order valence-corrected chi connectivity index (χ2v) is 7.94. The lowest BCUT2D eigenvalue weighted by atomic mass is 9.98. The van der Waals surface area contributed by atoms with E-state index >= 15 is 0 Å². The molecule has 0 spiro atoms. The molecule has 7 heteroatoms. The molecule has 0 radical (unpaired) electrons. The van der Waals surface area contributed by atoms with Crippen LogP contribution in [0, 0.1) is 0 Å². The van der Waals surface area contributed by atoms with Crippen LogP contribution in [0.5, 0.6) is 0 Å². The van der Waals surface area contributed by atoms with E-state index < -0.39 is 6.04 Å². The molecule has 0 N–H and O–H groups in total. The van der Waals surface area contributed by atoms with Gasteiger partial charge in [-0.05, 0) is 47.5 Å². The zero-order chi connectivity index (χ0) is 20.8. The van der Waals surface area contributed by atoms with Gasteiger partial charge in [0, 0.05) is 29.0 Å². The summed E-state index contributed by atoms with van der Waals surface area (Å²) in [5.41, 5.74) is 1.98. The first-order valence-electron chi connectivity index (χ1n) is 9.24. The van der Waals surface area contributed by atoms with Crippen molar-refractivity contribution in [2.24, 2.45) is 0 Å². The smallest absolute Gasteiger partial charge is 0.291 e. The number of fused-ring (bicyclic) bond motifs is 2. The molecule has 0 aliphatic carbocycles. The third kappa shape index (κ3) is 3.07. The molecule has 0 saturated carbocycles. The van der Waals surface area contributed by atoms with Gasteiger partial charge in [0.25, 0.3) is 5.91 Å². The fourth-order valence-electron chi connectivity index (χ4n) is 3.84. The Bertz CT molecular complexity index is 1330. The van der Waals surface area contributed by atoms with Gasteiger partial charge < -0.3 is 9.32 Å². The molecule has 3 heterocycles. The van der Waals surface area contributed by atoms with Crippen LogP contribution < -0.4 is 5.43 Å². The summed E-state index contributed by atoms with van der Waals surface area (Å²) in [4.78, 5) is 32.5. The summed E-state index contributed by atoms with van der Waals surface area (Å²) >= 11 is 12.2. The first-order valence-corrected chi connectivity index (χ1v) is 10.00. The van der Waals surface area contributed by atoms with Gasteiger partial charge in [-0.25, -0.2) is 0 Å². The largest absolute Gasteiger partial charge is 0.450 e. The van der Waals surface area contributed by atoms with Gasteiger partial charge in [0.2, 0.25) is 5.76 Å². The summed E-state index contributed by atoms with van der Waals surface area (Å²) < 4.78 is 5.90. The Hall–Kier alpha value is -3.15. The second-order valence-electron chi connectivity index (χ2n) is 7.06. The molecule has 1 atom stereocenters. The van der Waals surface area contributed by atoms with E-state index in [4.69, 9.17) is 27.6 Å². The number of carbonyl (C=O) groups is 1. The van der Waals surface area contributed by atoms with E-state index in [9.17, 15) is 9.59 Å². The number of carbonyl (C=O) groups excluding carboxylic acids is 1. The molecule has 5 nitrogen and oxygen atoms in total. The van der Waals surface area contributed by atoms with Crippen molar-refractivity contribution < 1.29 is 9.21 Å². The lowest BCUT2D eigenvalue weighted by molar-refractivity contribution is 0.0714. The lowest BCUT2D eigenvalue weighted by Crippen LogP contribution is -2.29. The van der Waals surface area contributed by atoms with Gasteiger partial charge in [-0.3, -0.25) is 14.6 Å². The van der Waals surface area contributed by atoms with Crippen LogP contribution in [-0.4, -0.2) is 15.8 Å². The fourth-order valence-corrected chi connectivity index (χ4v) is 4.13. The van der Waals surface area contributed by atoms with Gasteiger partial charge in [-0.2, -0.15) is 0 Å². The molecule has 4 aromatic rings. The second kappa shape index (κ2) is 7.27. The van der Waals surface area contributed by atoms with E-state index in [2.05, 4.69) is 4.98 Å². The van der Waals surface area contributed by atoms with E-state index in [1.807, 2.05) is 18.2 Å². The number of nitrogens with zero attached hydrogens (tertiary/aromatic N) is 2. The minimum Gasteiger partial charge on any atom is -0.450 e. The van der Waals surface area contributed by atoms with Crippen LogP contribution >= 0.6 is 23.2 Å². The normalized spacial score (nSPS) is 15.6. The topological polar surface area (TPSA) is 63.4 Å². The highest BCUT2D eigenvalue weighted by Crippen LogP contribution is 2.39. The van der Waals surface area contributed by atoms with Crippen molar-refractivity contribution in [2.45, 2.75) is 12.6 Å². The summed E-state index contributed by atoms with van der Waals surface area (Å²) in [5.74, 6) is -0.290. The van der Waals surface area contributed by atoms with Crippen LogP contribution in [0.2, 0.25) is 10.0 Å². The monoisotopic (exact) mass is 436 g/mol. The Morgan fingerprint density at radius 3 is 2.50 bits per heavy atom. The maximum Gasteiger partial charge on any atom is 0.291 e. The Morgan fingerprint density at radius 2 is 1.77 bits per heavy atom. The predicted octanol–water partition coefficient (Wildman–Crippen LogP) is 5.24. The van der Waals surface area contributed by atoms with Crippen molar-refractivity contribution in [1.82, 2.24) is 9.88 Å². The number of hydrogen-bond acceptors (Lipinski definition) is 4. The van der Waals surface area contributed by atoms with Gasteiger partial charge >= 0.3 is 0 Å². The minimum absolute atomic E-state index is 0.0543. The summed E-state index contributed by atoms with van der Waals surface area (Å²) in [6.07, 6.45) is 3.36. The highest BCUT2D eigenvalue weighted by atomic mass is 35.5. The summed E-state index contributed by atoms with van der Waals surface area (Å²) in [5, 5.41) is 1.34. The van der Waals surface area contributed by atoms with Gasteiger partial charge in [-0.15, -0.1) is 0 Å². The van der Waals surface area contributed by atoms with Crippen LogP contribution in [0.25, 0.3) is 11.0 Å². The number of aromatic nitrogens is 1. The van der Waals surface area contributed by atoms with Crippen LogP contribution in [-0.2, 0) is 6.54 Å². The maximum atomic E-state index is 13.4. The van der Waals surface area contributed by atoms with Crippen molar-refractivity contribution >= 4 is 40.1 Å². The summed E-state index contributed by atoms with van der Waals surface area (Å²) in [6.45, 7) is 0.278. The molecule has 5 rings (SSSR count). The molecule has 0 unspecified atom stereocenters. The Kier molecular flexibility index (Phi) is 4.57. The molecule has 1 aliphatic rings. The highest BCUT2D eigenvalue weighted by molar-refractivity contribution is 6.31. The molecule has 2 aromatic heterocycles. The van der Waals surface area contributed by atoms with Crippen LogP contribution in [0.4, 0.5) is 0 Å². The van der Waals surface area contributed by atoms with Gasteiger partial charge in [0.15, 0.2) is 5.43 Å². The average Bonchev–Trinajstić information content (AvgIpc) is 3.02. The molecular formula is C23H14Cl2N2O3. The number of hydrogen-bond donors (Lipinski definition) is 0. The predicted molar refractivity (Wildman–Crippen MR) is 115 cm³/mol. The molecule has 2 aromatic carbocycles. The number of rotatable bonds is 3. The Morgan fingerprint density at radius 1 is 1.00 bits per heavy atom. The maximum absolute atomic E-state index is 13.4. The minimum atomic E-state index is -0.607. The number of pyridine rings is 1. The zero-order valence-corrected chi connectivity index (χ0v) is 17.0. The van der Waals surface area contributed by atoms with Crippen molar-refractivity contribution in [3.8, 4) is 0 Å². The van der Waals surface area contributed by atoms with Crippen molar-refractivity contribution in [3.05, 3.63) is 110 Å². The van der Waals surface area contributed by atoms with Crippen molar-refractivity contribution in [3.63, 3.8) is 0 Å². The van der Waals surface area contributed by atoms with E-state index in [0.717, 1.165) is 11.1 Å². The standard InChI is InChI=1S/C23H14Cl2N2O3/c24-15-5-3-14(4-6-15)20-19-21(28)17-10-16(25)7-8-18(17)30-22(19)23(29)27(20)12-13-2-1-9-26-11-13/h1-11,20H,12H2/t20-/m1/s1. The Labute approximate surface area is 181 Å². The van der Waals surface area contributed by atoms with E-state index in [1.165, 1.54) is 0 Å². The van der Waals surface area contributed by atoms with Crippen LogP contribution in [0.15, 0.2) is 76.2 Å². The molecule has 148 valence electrons. The molecule has 0 fully saturated rings. The zero-order valence-electron chi connectivity index (χ0n) is 15.5. The molecule has 30 heavy (non-hydrogen) atoms. The first-order chi connectivity index (χ1) is 14.5. The number of halogens is 2. The quantitative estimate of drug-likeness (QED) is 0.440. The van der Waals surface area contributed by atoms with E-state index in [1.54, 1.807) is 53.7 Å². The van der Waals surface area contributed by atoms with Crippen LogP contribution in [0.1, 0.15) is 33.3 Å². The lowest BCUT2D eigenvalue weighted by Gasteiger charge is -2.25. The van der Waals surface area contributed by atoms with Crippen molar-refractivity contribution in [1.29, 1.82) is 0 Å². The number of benzene rings is 2. The molecule has 0 bridgehead atoms. The van der Waals surface area contributed by atoms with Gasteiger partial charge in [0.05, 0.1) is 17.0 Å².